The Labute approximate surface area is 116 Å². The van der Waals surface area contributed by atoms with Gasteiger partial charge >= 0.3 is 0 Å². The number of likely N-dealkylation sites (tertiary alicyclic amines) is 1. The summed E-state index contributed by atoms with van der Waals surface area (Å²) < 4.78 is 13.3. The summed E-state index contributed by atoms with van der Waals surface area (Å²) in [6, 6.07) is 6.17. The molecule has 0 saturated carbocycles. The lowest BCUT2D eigenvalue weighted by molar-refractivity contribution is -0.133. The van der Waals surface area contributed by atoms with E-state index in [1.165, 1.54) is 12.1 Å². The van der Waals surface area contributed by atoms with Crippen LogP contribution in [0.15, 0.2) is 24.3 Å². The van der Waals surface area contributed by atoms with E-state index < -0.39 is 0 Å². The number of rotatable bonds is 4. The molecule has 1 aliphatic heterocycles. The zero-order chi connectivity index (χ0) is 14.5. The van der Waals surface area contributed by atoms with Crippen LogP contribution >= 0.6 is 0 Å². The first-order chi connectivity index (χ1) is 9.61. The molecule has 0 bridgehead atoms. The van der Waals surface area contributed by atoms with Crippen molar-refractivity contribution in [2.45, 2.75) is 18.9 Å². The second kappa shape index (κ2) is 6.47. The molecule has 0 radical (unpaired) electrons. The van der Waals surface area contributed by atoms with E-state index in [0.29, 0.717) is 6.54 Å². The summed E-state index contributed by atoms with van der Waals surface area (Å²) in [5.74, 6) is -0.836. The van der Waals surface area contributed by atoms with Gasteiger partial charge in [-0.2, -0.15) is 0 Å². The molecule has 5 nitrogen and oxygen atoms in total. The van der Waals surface area contributed by atoms with Gasteiger partial charge in [-0.25, -0.2) is 4.39 Å². The number of hydrogen-bond donors (Lipinski definition) is 2. The maximum atomic E-state index is 13.3. The van der Waals surface area contributed by atoms with E-state index in [2.05, 4.69) is 5.32 Å². The van der Waals surface area contributed by atoms with Gasteiger partial charge < -0.3 is 16.0 Å². The van der Waals surface area contributed by atoms with Crippen LogP contribution in [0.4, 0.5) is 4.39 Å². The van der Waals surface area contributed by atoms with Crippen molar-refractivity contribution in [2.24, 2.45) is 5.73 Å². The molecule has 1 aromatic carbocycles. The molecule has 1 unspecified atom stereocenters. The predicted molar refractivity (Wildman–Crippen MR) is 72.2 cm³/mol. The number of nitrogens with one attached hydrogen (secondary N) is 1. The molecule has 6 heteroatoms. The fraction of sp³-hybridized carbons (Fsp3) is 0.429. The van der Waals surface area contributed by atoms with Crippen LogP contribution in [0.3, 0.4) is 0 Å². The first-order valence-corrected chi connectivity index (χ1v) is 6.63. The standard InChI is InChI=1S/C14H18FN3O2/c15-11-4-1-3-10(7-11)12-5-2-6-18(12)14(20)9-17-13(19)8-16/h1,3-4,7,12H,2,5-6,8-9,16H2,(H,17,19). The van der Waals surface area contributed by atoms with E-state index in [4.69, 9.17) is 5.73 Å². The molecule has 0 aliphatic carbocycles. The molecule has 20 heavy (non-hydrogen) atoms. The number of nitrogens with zero attached hydrogens (tertiary/aromatic N) is 1. The van der Waals surface area contributed by atoms with Gasteiger partial charge in [0.15, 0.2) is 0 Å². The lowest BCUT2D eigenvalue weighted by Crippen LogP contribution is -2.41. The Morgan fingerprint density at radius 2 is 2.25 bits per heavy atom. The highest BCUT2D eigenvalue weighted by Crippen LogP contribution is 2.31. The van der Waals surface area contributed by atoms with Crippen molar-refractivity contribution >= 4 is 11.8 Å². The zero-order valence-electron chi connectivity index (χ0n) is 11.1. The molecule has 108 valence electrons. The summed E-state index contributed by atoms with van der Waals surface area (Å²) >= 11 is 0. The number of nitrogens with two attached hydrogens (primary N) is 1. The Hall–Kier alpha value is -1.95. The zero-order valence-corrected chi connectivity index (χ0v) is 11.1. The number of carbonyl (C=O) groups excluding carboxylic acids is 2. The van der Waals surface area contributed by atoms with E-state index in [1.54, 1.807) is 11.0 Å². The van der Waals surface area contributed by atoms with E-state index in [1.807, 2.05) is 6.07 Å². The number of carbonyl (C=O) groups is 2. The smallest absolute Gasteiger partial charge is 0.242 e. The van der Waals surface area contributed by atoms with E-state index >= 15 is 0 Å². The highest BCUT2D eigenvalue weighted by atomic mass is 19.1. The number of halogens is 1. The Morgan fingerprint density at radius 3 is 2.95 bits per heavy atom. The molecule has 1 atom stereocenters. The van der Waals surface area contributed by atoms with Gasteiger partial charge in [0.1, 0.15) is 5.82 Å². The third-order valence-electron chi connectivity index (χ3n) is 3.43. The van der Waals surface area contributed by atoms with Crippen LogP contribution in [0.1, 0.15) is 24.4 Å². The fourth-order valence-corrected chi connectivity index (χ4v) is 2.47. The quantitative estimate of drug-likeness (QED) is 0.846. The van der Waals surface area contributed by atoms with Crippen LogP contribution < -0.4 is 11.1 Å². The van der Waals surface area contributed by atoms with Gasteiger partial charge in [0, 0.05) is 6.54 Å². The third kappa shape index (κ3) is 3.33. The second-order valence-electron chi connectivity index (χ2n) is 4.78. The maximum Gasteiger partial charge on any atom is 0.242 e. The summed E-state index contributed by atoms with van der Waals surface area (Å²) in [7, 11) is 0. The van der Waals surface area contributed by atoms with Crippen LogP contribution in [0, 0.1) is 5.82 Å². The van der Waals surface area contributed by atoms with Gasteiger partial charge in [0.25, 0.3) is 0 Å². The number of hydrogen-bond acceptors (Lipinski definition) is 3. The van der Waals surface area contributed by atoms with E-state index in [-0.39, 0.29) is 36.8 Å². The molecule has 2 rings (SSSR count). The summed E-state index contributed by atoms with van der Waals surface area (Å²) in [5, 5.41) is 2.46. The molecule has 0 aromatic heterocycles. The first-order valence-electron chi connectivity index (χ1n) is 6.63. The largest absolute Gasteiger partial charge is 0.346 e. The lowest BCUT2D eigenvalue weighted by atomic mass is 10.0. The molecule has 1 aliphatic rings. The topological polar surface area (TPSA) is 75.4 Å². The minimum Gasteiger partial charge on any atom is -0.346 e. The molecule has 3 N–H and O–H groups in total. The van der Waals surface area contributed by atoms with Gasteiger partial charge in [-0.15, -0.1) is 0 Å². The predicted octanol–water partition coefficient (Wildman–Crippen LogP) is 0.564. The van der Waals surface area contributed by atoms with Crippen LogP contribution in [0.5, 0.6) is 0 Å². The summed E-state index contributed by atoms with van der Waals surface area (Å²) in [6.45, 7) is 0.418. The Bertz CT molecular complexity index is 507. The fourth-order valence-electron chi connectivity index (χ4n) is 2.47. The van der Waals surface area contributed by atoms with Gasteiger partial charge in [-0.1, -0.05) is 12.1 Å². The minimum atomic E-state index is -0.361. The third-order valence-corrected chi connectivity index (χ3v) is 3.43. The van der Waals surface area contributed by atoms with Crippen LogP contribution in [0.2, 0.25) is 0 Å². The molecule has 0 spiro atoms. The highest BCUT2D eigenvalue weighted by Gasteiger charge is 2.29. The van der Waals surface area contributed by atoms with Gasteiger partial charge in [0.05, 0.1) is 19.1 Å². The molecular formula is C14H18FN3O2. The first kappa shape index (κ1) is 14.5. The summed E-state index contributed by atoms with van der Waals surface area (Å²) in [6.07, 6.45) is 1.68. The van der Waals surface area contributed by atoms with Crippen molar-refractivity contribution in [3.05, 3.63) is 35.6 Å². The Balaban J connectivity index is 2.03. The van der Waals surface area contributed by atoms with Crippen LogP contribution in [-0.4, -0.2) is 36.3 Å². The van der Waals surface area contributed by atoms with Crippen molar-refractivity contribution in [1.82, 2.24) is 10.2 Å². The molecular weight excluding hydrogens is 261 g/mol. The second-order valence-corrected chi connectivity index (χ2v) is 4.78. The summed E-state index contributed by atoms with van der Waals surface area (Å²) in [4.78, 5) is 24.9. The lowest BCUT2D eigenvalue weighted by Gasteiger charge is -2.25. The monoisotopic (exact) mass is 279 g/mol. The maximum absolute atomic E-state index is 13.3. The van der Waals surface area contributed by atoms with Crippen molar-refractivity contribution in [3.63, 3.8) is 0 Å². The minimum absolute atomic E-state index is 0.0676. The van der Waals surface area contributed by atoms with Gasteiger partial charge in [-0.05, 0) is 30.5 Å². The Kier molecular flexibility index (Phi) is 4.68. The van der Waals surface area contributed by atoms with Crippen molar-refractivity contribution in [2.75, 3.05) is 19.6 Å². The normalized spacial score (nSPS) is 18.1. The average Bonchev–Trinajstić information content (AvgIpc) is 2.93. The Morgan fingerprint density at radius 1 is 1.45 bits per heavy atom. The SMILES string of the molecule is NCC(=O)NCC(=O)N1CCCC1c1cccc(F)c1. The summed E-state index contributed by atoms with van der Waals surface area (Å²) in [5.41, 5.74) is 5.96. The molecule has 1 heterocycles. The van der Waals surface area contributed by atoms with Gasteiger partial charge in [0.2, 0.25) is 11.8 Å². The van der Waals surface area contributed by atoms with Crippen molar-refractivity contribution in [1.29, 1.82) is 0 Å². The van der Waals surface area contributed by atoms with E-state index in [9.17, 15) is 14.0 Å². The van der Waals surface area contributed by atoms with Crippen molar-refractivity contribution in [3.8, 4) is 0 Å². The highest BCUT2D eigenvalue weighted by molar-refractivity contribution is 5.85. The average molecular weight is 279 g/mol. The molecule has 1 fully saturated rings. The molecule has 1 saturated heterocycles. The number of amides is 2. The molecule has 2 amide bonds. The molecule has 1 aromatic rings. The number of benzene rings is 1. The van der Waals surface area contributed by atoms with Gasteiger partial charge in [-0.3, -0.25) is 9.59 Å². The van der Waals surface area contributed by atoms with Crippen LogP contribution in [0.25, 0.3) is 0 Å². The van der Waals surface area contributed by atoms with E-state index in [0.717, 1.165) is 18.4 Å². The van der Waals surface area contributed by atoms with Crippen molar-refractivity contribution < 1.29 is 14.0 Å². The van der Waals surface area contributed by atoms with Crippen LogP contribution in [-0.2, 0) is 9.59 Å².